The predicted octanol–water partition coefficient (Wildman–Crippen LogP) is 2.64. The molecule has 2 heteroatoms. The molecular weight excluding hydrogens is 208 g/mol. The molecule has 2 aliphatic heterocycles. The van der Waals surface area contributed by atoms with Crippen molar-refractivity contribution in [2.24, 2.45) is 11.3 Å². The van der Waals surface area contributed by atoms with Gasteiger partial charge >= 0.3 is 0 Å². The van der Waals surface area contributed by atoms with Crippen molar-refractivity contribution >= 4 is 0 Å². The molecule has 0 amide bonds. The molecule has 2 saturated heterocycles. The van der Waals surface area contributed by atoms with Gasteiger partial charge in [-0.15, -0.1) is 0 Å². The van der Waals surface area contributed by atoms with Gasteiger partial charge < -0.3 is 10.2 Å². The Kier molecular flexibility index (Phi) is 3.45. The zero-order valence-corrected chi connectivity index (χ0v) is 11.4. The number of hydrogen-bond acceptors (Lipinski definition) is 2. The first-order valence-electron chi connectivity index (χ1n) is 7.73. The molecule has 3 aliphatic rings. The first kappa shape index (κ1) is 12.0. The highest BCUT2D eigenvalue weighted by Crippen LogP contribution is 2.43. The summed E-state index contributed by atoms with van der Waals surface area (Å²) in [7, 11) is 0. The maximum absolute atomic E-state index is 3.68. The number of likely N-dealkylation sites (tertiary alicyclic amines) is 1. The second-order valence-corrected chi connectivity index (χ2v) is 6.87. The molecule has 2 heterocycles. The first-order valence-corrected chi connectivity index (χ1v) is 7.73. The molecule has 2 atom stereocenters. The Morgan fingerprint density at radius 2 is 2.00 bits per heavy atom. The van der Waals surface area contributed by atoms with Crippen LogP contribution in [0.15, 0.2) is 0 Å². The van der Waals surface area contributed by atoms with Crippen LogP contribution in [0.5, 0.6) is 0 Å². The van der Waals surface area contributed by atoms with Crippen molar-refractivity contribution in [3.05, 3.63) is 0 Å². The molecule has 1 N–H and O–H groups in total. The summed E-state index contributed by atoms with van der Waals surface area (Å²) in [5.74, 6) is 0.887. The summed E-state index contributed by atoms with van der Waals surface area (Å²) >= 11 is 0. The number of rotatable bonds is 2. The van der Waals surface area contributed by atoms with Crippen molar-refractivity contribution in [3.8, 4) is 0 Å². The van der Waals surface area contributed by atoms with Crippen LogP contribution in [-0.2, 0) is 0 Å². The van der Waals surface area contributed by atoms with Crippen molar-refractivity contribution in [1.29, 1.82) is 0 Å². The summed E-state index contributed by atoms with van der Waals surface area (Å²) < 4.78 is 0. The summed E-state index contributed by atoms with van der Waals surface area (Å²) in [4.78, 5) is 2.75. The van der Waals surface area contributed by atoms with Crippen LogP contribution in [0.25, 0.3) is 0 Å². The molecule has 3 rings (SSSR count). The second kappa shape index (κ2) is 4.89. The Hall–Kier alpha value is -0.0800. The van der Waals surface area contributed by atoms with Crippen LogP contribution in [0.4, 0.5) is 0 Å². The zero-order valence-electron chi connectivity index (χ0n) is 11.4. The molecule has 0 aromatic heterocycles. The fourth-order valence-electron chi connectivity index (χ4n) is 4.31. The van der Waals surface area contributed by atoms with Crippen molar-refractivity contribution < 1.29 is 0 Å². The van der Waals surface area contributed by atoms with Gasteiger partial charge in [-0.1, -0.05) is 26.2 Å². The molecule has 0 radical (unpaired) electrons. The van der Waals surface area contributed by atoms with Gasteiger partial charge in [0.05, 0.1) is 0 Å². The van der Waals surface area contributed by atoms with Gasteiger partial charge in [-0.25, -0.2) is 0 Å². The Morgan fingerprint density at radius 1 is 1.18 bits per heavy atom. The topological polar surface area (TPSA) is 15.3 Å². The third-order valence-electron chi connectivity index (χ3n) is 5.58. The van der Waals surface area contributed by atoms with Crippen LogP contribution in [0.2, 0.25) is 0 Å². The van der Waals surface area contributed by atoms with Crippen molar-refractivity contribution in [1.82, 2.24) is 10.2 Å². The van der Waals surface area contributed by atoms with Gasteiger partial charge in [-0.2, -0.15) is 0 Å². The average Bonchev–Trinajstić information content (AvgIpc) is 2.90. The van der Waals surface area contributed by atoms with Crippen LogP contribution in [0.1, 0.15) is 51.9 Å². The normalized spacial score (nSPS) is 37.9. The summed E-state index contributed by atoms with van der Waals surface area (Å²) in [6.45, 7) is 7.73. The molecule has 0 aromatic rings. The Labute approximate surface area is 106 Å². The Balaban J connectivity index is 1.53. The van der Waals surface area contributed by atoms with E-state index in [0.29, 0.717) is 0 Å². The minimum atomic E-state index is 0.736. The molecule has 1 saturated carbocycles. The highest BCUT2D eigenvalue weighted by Gasteiger charge is 2.39. The van der Waals surface area contributed by atoms with Crippen molar-refractivity contribution in [2.45, 2.75) is 57.9 Å². The first-order chi connectivity index (χ1) is 8.27. The highest BCUT2D eigenvalue weighted by atomic mass is 15.2. The maximum atomic E-state index is 3.68. The number of hydrogen-bond donors (Lipinski definition) is 1. The Morgan fingerprint density at radius 3 is 2.71 bits per heavy atom. The van der Waals surface area contributed by atoms with Gasteiger partial charge in [0.1, 0.15) is 0 Å². The van der Waals surface area contributed by atoms with Gasteiger partial charge in [0.2, 0.25) is 0 Å². The molecule has 1 aliphatic carbocycles. The third-order valence-corrected chi connectivity index (χ3v) is 5.58. The van der Waals surface area contributed by atoms with E-state index in [9.17, 15) is 0 Å². The minimum absolute atomic E-state index is 0.736. The molecule has 2 nitrogen and oxygen atoms in total. The van der Waals surface area contributed by atoms with Crippen LogP contribution >= 0.6 is 0 Å². The molecule has 3 fully saturated rings. The minimum Gasteiger partial charge on any atom is -0.312 e. The summed E-state index contributed by atoms with van der Waals surface area (Å²) in [6, 6.07) is 0.772. The van der Waals surface area contributed by atoms with Gasteiger partial charge in [0, 0.05) is 19.1 Å². The standard InChI is InChI=1S/C15H28N2/c1-13-5-9-16-14(13)11-17-10-8-15(12-17)6-3-2-4-7-15/h13-14,16H,2-12H2,1H3. The highest BCUT2D eigenvalue weighted by molar-refractivity contribution is 4.94. The molecule has 0 bridgehead atoms. The van der Waals surface area contributed by atoms with Gasteiger partial charge in [0.25, 0.3) is 0 Å². The van der Waals surface area contributed by atoms with Crippen LogP contribution in [0.3, 0.4) is 0 Å². The third kappa shape index (κ3) is 2.53. The predicted molar refractivity (Wildman–Crippen MR) is 72.1 cm³/mol. The zero-order chi connectivity index (χ0) is 11.7. The monoisotopic (exact) mass is 236 g/mol. The fourth-order valence-corrected chi connectivity index (χ4v) is 4.31. The van der Waals surface area contributed by atoms with Gasteiger partial charge in [-0.05, 0) is 50.1 Å². The number of nitrogens with zero attached hydrogens (tertiary/aromatic N) is 1. The summed E-state index contributed by atoms with van der Waals surface area (Å²) in [5, 5.41) is 3.68. The SMILES string of the molecule is CC1CCNC1CN1CCC2(CCCCC2)C1. The largest absolute Gasteiger partial charge is 0.312 e. The quantitative estimate of drug-likeness (QED) is 0.793. The lowest BCUT2D eigenvalue weighted by Crippen LogP contribution is -2.40. The van der Waals surface area contributed by atoms with E-state index in [1.54, 1.807) is 0 Å². The lowest BCUT2D eigenvalue weighted by Gasteiger charge is -2.34. The molecule has 98 valence electrons. The van der Waals surface area contributed by atoms with E-state index in [-0.39, 0.29) is 0 Å². The van der Waals surface area contributed by atoms with Crippen LogP contribution < -0.4 is 5.32 Å². The van der Waals surface area contributed by atoms with Crippen molar-refractivity contribution in [2.75, 3.05) is 26.2 Å². The maximum Gasteiger partial charge on any atom is 0.0221 e. The van der Waals surface area contributed by atoms with E-state index < -0.39 is 0 Å². The van der Waals surface area contributed by atoms with E-state index in [2.05, 4.69) is 17.1 Å². The van der Waals surface area contributed by atoms with Crippen LogP contribution in [-0.4, -0.2) is 37.1 Å². The second-order valence-electron chi connectivity index (χ2n) is 6.87. The van der Waals surface area contributed by atoms with E-state index in [1.165, 1.54) is 71.1 Å². The number of nitrogens with one attached hydrogen (secondary N) is 1. The molecule has 0 aromatic carbocycles. The van der Waals surface area contributed by atoms with Gasteiger partial charge in [0.15, 0.2) is 0 Å². The lowest BCUT2D eigenvalue weighted by atomic mass is 9.73. The van der Waals surface area contributed by atoms with E-state index in [4.69, 9.17) is 0 Å². The smallest absolute Gasteiger partial charge is 0.0221 e. The molecule has 17 heavy (non-hydrogen) atoms. The molecule has 2 unspecified atom stereocenters. The average molecular weight is 236 g/mol. The van der Waals surface area contributed by atoms with Gasteiger partial charge in [-0.3, -0.25) is 0 Å². The van der Waals surface area contributed by atoms with Crippen LogP contribution in [0, 0.1) is 11.3 Å². The van der Waals surface area contributed by atoms with E-state index >= 15 is 0 Å². The molecular formula is C15H28N2. The van der Waals surface area contributed by atoms with E-state index in [0.717, 1.165) is 17.4 Å². The summed E-state index contributed by atoms with van der Waals surface area (Å²) in [6.07, 6.45) is 10.4. The fraction of sp³-hybridized carbons (Fsp3) is 1.00. The summed E-state index contributed by atoms with van der Waals surface area (Å²) in [5.41, 5.74) is 0.736. The van der Waals surface area contributed by atoms with E-state index in [1.807, 2.05) is 0 Å². The lowest BCUT2D eigenvalue weighted by molar-refractivity contribution is 0.178. The van der Waals surface area contributed by atoms with Crippen molar-refractivity contribution in [3.63, 3.8) is 0 Å². The Bertz CT molecular complexity index is 258. The molecule has 1 spiro atoms.